The van der Waals surface area contributed by atoms with Gasteiger partial charge in [-0.25, -0.2) is 0 Å². The molecular weight excluding hydrogens is 295 g/mol. The number of hydrogen-bond donors (Lipinski definition) is 0. The zero-order valence-corrected chi connectivity index (χ0v) is 18.2. The summed E-state index contributed by atoms with van der Waals surface area (Å²) >= 11 is 0. The molecule has 0 aromatic rings. The van der Waals surface area contributed by atoms with E-state index in [0.717, 1.165) is 0 Å². The van der Waals surface area contributed by atoms with E-state index in [9.17, 15) is 0 Å². The second kappa shape index (κ2) is 17.3. The summed E-state index contributed by atoms with van der Waals surface area (Å²) in [6.45, 7) is 9.46. The van der Waals surface area contributed by atoms with Gasteiger partial charge < -0.3 is 0 Å². The van der Waals surface area contributed by atoms with Gasteiger partial charge >= 0.3 is 149 Å². The molecule has 0 fully saturated rings. The second-order valence-electron chi connectivity index (χ2n) is 8.04. The predicted molar refractivity (Wildman–Crippen MR) is 115 cm³/mol. The SMILES string of the molecule is CCCCCCCC[PH](CCC)(CCCCC)CCCCCC. The van der Waals surface area contributed by atoms with E-state index in [-0.39, 0.29) is 0 Å². The number of rotatable bonds is 18. The van der Waals surface area contributed by atoms with Crippen LogP contribution in [-0.2, 0) is 0 Å². The molecule has 0 aliphatic heterocycles. The molecule has 0 aromatic carbocycles. The van der Waals surface area contributed by atoms with E-state index in [4.69, 9.17) is 0 Å². The molecule has 0 spiro atoms. The van der Waals surface area contributed by atoms with Gasteiger partial charge in [0.1, 0.15) is 0 Å². The third-order valence-electron chi connectivity index (χ3n) is 5.71. The third-order valence-corrected chi connectivity index (χ3v) is 11.5. The van der Waals surface area contributed by atoms with E-state index >= 15 is 0 Å². The maximum atomic E-state index is 2.44. The Bertz CT molecular complexity index is 226. The van der Waals surface area contributed by atoms with Crippen LogP contribution in [-0.4, -0.2) is 24.6 Å². The van der Waals surface area contributed by atoms with Gasteiger partial charge in [-0.1, -0.05) is 0 Å². The Labute approximate surface area is 149 Å². The van der Waals surface area contributed by atoms with Crippen LogP contribution >= 0.6 is 7.26 Å². The van der Waals surface area contributed by atoms with E-state index in [2.05, 4.69) is 27.7 Å². The molecule has 0 aliphatic carbocycles. The zero-order valence-electron chi connectivity index (χ0n) is 17.2. The molecule has 0 N–H and O–H groups in total. The first-order valence-electron chi connectivity index (χ1n) is 11.2. The molecule has 23 heavy (non-hydrogen) atoms. The van der Waals surface area contributed by atoms with E-state index in [1.807, 2.05) is 0 Å². The third kappa shape index (κ3) is 13.4. The quantitative estimate of drug-likeness (QED) is 0.173. The average Bonchev–Trinajstić information content (AvgIpc) is 2.55. The van der Waals surface area contributed by atoms with Gasteiger partial charge in [0.25, 0.3) is 0 Å². The summed E-state index contributed by atoms with van der Waals surface area (Å²) in [5, 5.41) is 0. The van der Waals surface area contributed by atoms with Crippen molar-refractivity contribution >= 4 is 7.26 Å². The van der Waals surface area contributed by atoms with Crippen LogP contribution in [0.2, 0.25) is 0 Å². The van der Waals surface area contributed by atoms with E-state index in [1.54, 1.807) is 37.5 Å². The summed E-state index contributed by atoms with van der Waals surface area (Å²) in [7, 11) is -0.951. The molecule has 0 saturated carbocycles. The van der Waals surface area contributed by atoms with Gasteiger partial charge in [-0.15, -0.1) is 0 Å². The molecule has 0 atom stereocenters. The fourth-order valence-electron chi connectivity index (χ4n) is 4.24. The molecule has 142 valence electrons. The van der Waals surface area contributed by atoms with Gasteiger partial charge in [-0.3, -0.25) is 0 Å². The summed E-state index contributed by atoms with van der Waals surface area (Å²) in [4.78, 5) is 0. The van der Waals surface area contributed by atoms with E-state index in [0.29, 0.717) is 0 Å². The van der Waals surface area contributed by atoms with Crippen LogP contribution < -0.4 is 0 Å². The summed E-state index contributed by atoms with van der Waals surface area (Å²) in [6.07, 6.45) is 27.2. The minimum absolute atomic E-state index is 0.951. The van der Waals surface area contributed by atoms with Crippen LogP contribution in [0.25, 0.3) is 0 Å². The summed E-state index contributed by atoms with van der Waals surface area (Å²) in [5.74, 6) is 0. The Hall–Kier alpha value is 0.430. The van der Waals surface area contributed by atoms with Crippen LogP contribution in [0, 0.1) is 0 Å². The van der Waals surface area contributed by atoms with Crippen LogP contribution in [0.4, 0.5) is 0 Å². The van der Waals surface area contributed by atoms with E-state index < -0.39 is 7.26 Å². The molecule has 0 radical (unpaired) electrons. The fraction of sp³-hybridized carbons (Fsp3) is 1.00. The van der Waals surface area contributed by atoms with Crippen LogP contribution in [0.5, 0.6) is 0 Å². The number of hydrogen-bond acceptors (Lipinski definition) is 0. The average molecular weight is 345 g/mol. The summed E-state index contributed by atoms with van der Waals surface area (Å²) < 4.78 is 0. The van der Waals surface area contributed by atoms with Crippen molar-refractivity contribution < 1.29 is 0 Å². The van der Waals surface area contributed by atoms with Crippen LogP contribution in [0.1, 0.15) is 118 Å². The molecule has 1 heteroatoms. The van der Waals surface area contributed by atoms with Crippen molar-refractivity contribution in [1.82, 2.24) is 0 Å². The Morgan fingerprint density at radius 2 is 0.696 bits per heavy atom. The van der Waals surface area contributed by atoms with Crippen molar-refractivity contribution in [2.75, 3.05) is 24.6 Å². The Morgan fingerprint density at radius 3 is 1.17 bits per heavy atom. The van der Waals surface area contributed by atoms with Crippen LogP contribution in [0.3, 0.4) is 0 Å². The van der Waals surface area contributed by atoms with Gasteiger partial charge in [-0.2, -0.15) is 0 Å². The standard InChI is InChI=1S/C22H49P/c1-5-9-12-14-15-18-22-23(19-8-4,20-16-11-7-3)21-17-13-10-6-2/h23H,5-22H2,1-4H3. The van der Waals surface area contributed by atoms with Crippen molar-refractivity contribution in [3.05, 3.63) is 0 Å². The fourth-order valence-corrected chi connectivity index (χ4v) is 9.80. The van der Waals surface area contributed by atoms with Gasteiger partial charge in [0.05, 0.1) is 0 Å². The molecular formula is C22H49P. The second-order valence-corrected chi connectivity index (χ2v) is 13.0. The molecule has 0 bridgehead atoms. The van der Waals surface area contributed by atoms with Gasteiger partial charge in [-0.05, 0) is 0 Å². The topological polar surface area (TPSA) is 0 Å². The maximum absolute atomic E-state index is 2.44. The zero-order chi connectivity index (χ0) is 17.2. The van der Waals surface area contributed by atoms with Gasteiger partial charge in [0, 0.05) is 0 Å². The normalized spacial score (nSPS) is 12.7. The van der Waals surface area contributed by atoms with Crippen molar-refractivity contribution in [1.29, 1.82) is 0 Å². The molecule has 0 rings (SSSR count). The Morgan fingerprint density at radius 1 is 0.348 bits per heavy atom. The first-order chi connectivity index (χ1) is 11.2. The summed E-state index contributed by atoms with van der Waals surface area (Å²) in [5.41, 5.74) is 0. The molecule has 0 aromatic heterocycles. The van der Waals surface area contributed by atoms with Crippen molar-refractivity contribution in [2.45, 2.75) is 118 Å². The van der Waals surface area contributed by atoms with E-state index in [1.165, 1.54) is 77.0 Å². The molecule has 0 heterocycles. The minimum atomic E-state index is -0.951. The van der Waals surface area contributed by atoms with Crippen molar-refractivity contribution in [3.8, 4) is 0 Å². The Balaban J connectivity index is 4.32. The van der Waals surface area contributed by atoms with Crippen LogP contribution in [0.15, 0.2) is 0 Å². The predicted octanol–water partition coefficient (Wildman–Crippen LogP) is 8.28. The molecule has 0 amide bonds. The number of unbranched alkanes of at least 4 members (excludes halogenated alkanes) is 10. The van der Waals surface area contributed by atoms with Gasteiger partial charge in [0.15, 0.2) is 0 Å². The van der Waals surface area contributed by atoms with Crippen molar-refractivity contribution in [2.24, 2.45) is 0 Å². The molecule has 0 aliphatic rings. The van der Waals surface area contributed by atoms with Crippen molar-refractivity contribution in [3.63, 3.8) is 0 Å². The first kappa shape index (κ1) is 23.4. The summed E-state index contributed by atoms with van der Waals surface area (Å²) in [6, 6.07) is 0. The molecule has 0 unspecified atom stereocenters. The Kier molecular flexibility index (Phi) is 17.6. The monoisotopic (exact) mass is 344 g/mol. The molecule has 0 nitrogen and oxygen atoms in total. The molecule has 0 saturated heterocycles. The van der Waals surface area contributed by atoms with Gasteiger partial charge in [0.2, 0.25) is 0 Å². The first-order valence-corrected chi connectivity index (χ1v) is 14.1.